The van der Waals surface area contributed by atoms with E-state index in [4.69, 9.17) is 0 Å². The van der Waals surface area contributed by atoms with Gasteiger partial charge in [0, 0.05) is 25.4 Å². The zero-order valence-electron chi connectivity index (χ0n) is 10.2. The topological polar surface area (TPSA) is 42.3 Å². The van der Waals surface area contributed by atoms with E-state index in [-0.39, 0.29) is 5.91 Å². The van der Waals surface area contributed by atoms with Gasteiger partial charge in [0.15, 0.2) is 6.29 Å². The van der Waals surface area contributed by atoms with Gasteiger partial charge in [-0.2, -0.15) is 0 Å². The summed E-state index contributed by atoms with van der Waals surface area (Å²) in [6.07, 6.45) is 1.78. The molecule has 1 aromatic carbocycles. The molecule has 0 saturated heterocycles. The molecule has 2 heterocycles. The number of carbonyl (C=O) groups is 2. The second-order valence-corrected chi connectivity index (χ2v) is 4.55. The maximum absolute atomic E-state index is 11.7. The lowest BCUT2D eigenvalue weighted by atomic mass is 10.2. The molecular formula is C14H14N2O2. The Morgan fingerprint density at radius 1 is 1.28 bits per heavy atom. The van der Waals surface area contributed by atoms with E-state index in [2.05, 4.69) is 4.57 Å². The summed E-state index contributed by atoms with van der Waals surface area (Å²) in [5, 5.41) is 0.927. The second-order valence-electron chi connectivity index (χ2n) is 4.55. The molecule has 4 nitrogen and oxygen atoms in total. The number of aryl methyl sites for hydroxylation is 1. The third-order valence-electron chi connectivity index (χ3n) is 3.50. The number of aldehydes is 1. The summed E-state index contributed by atoms with van der Waals surface area (Å²) < 4.78 is 2.07. The Hall–Kier alpha value is -2.10. The van der Waals surface area contributed by atoms with Gasteiger partial charge in [-0.15, -0.1) is 0 Å². The van der Waals surface area contributed by atoms with Crippen LogP contribution in [0.15, 0.2) is 24.3 Å². The lowest BCUT2D eigenvalue weighted by Gasteiger charge is -2.28. The molecule has 0 aliphatic carbocycles. The standard InChI is InChI=1S/C14H14N2O2/c1-10(18)15-7-4-8-16-13-6-3-2-5-11(13)12(9-17)14(15)16/h2-3,5-6,9H,4,7-8H2,1H3. The smallest absolute Gasteiger partial charge is 0.224 e. The molecule has 0 radical (unpaired) electrons. The Kier molecular flexibility index (Phi) is 2.44. The molecule has 3 rings (SSSR count). The van der Waals surface area contributed by atoms with Crippen LogP contribution in [0.2, 0.25) is 0 Å². The number of nitrogens with zero attached hydrogens (tertiary/aromatic N) is 2. The van der Waals surface area contributed by atoms with E-state index in [0.717, 1.165) is 36.0 Å². The maximum Gasteiger partial charge on any atom is 0.224 e. The monoisotopic (exact) mass is 242 g/mol. The first-order valence-electron chi connectivity index (χ1n) is 6.08. The summed E-state index contributed by atoms with van der Waals surface area (Å²) in [4.78, 5) is 24.8. The molecular weight excluding hydrogens is 228 g/mol. The van der Waals surface area contributed by atoms with Crippen LogP contribution in [-0.4, -0.2) is 23.3 Å². The van der Waals surface area contributed by atoms with Gasteiger partial charge in [0.05, 0.1) is 11.1 Å². The minimum absolute atomic E-state index is 0.0122. The molecule has 1 aromatic heterocycles. The number of aromatic nitrogens is 1. The number of anilines is 1. The minimum Gasteiger partial charge on any atom is -0.326 e. The Bertz CT molecular complexity index is 643. The summed E-state index contributed by atoms with van der Waals surface area (Å²) in [6, 6.07) is 7.80. The highest BCUT2D eigenvalue weighted by Crippen LogP contribution is 2.34. The van der Waals surface area contributed by atoms with Crippen molar-refractivity contribution in [1.82, 2.24) is 4.57 Å². The molecule has 0 atom stereocenters. The molecule has 4 heteroatoms. The van der Waals surface area contributed by atoms with E-state index in [9.17, 15) is 9.59 Å². The number of rotatable bonds is 1. The lowest BCUT2D eigenvalue weighted by Crippen LogP contribution is -2.36. The number of carbonyl (C=O) groups excluding carboxylic acids is 2. The number of amides is 1. The SMILES string of the molecule is CC(=O)N1CCCn2c1c(C=O)c1ccccc12. The fourth-order valence-corrected chi connectivity index (χ4v) is 2.75. The van der Waals surface area contributed by atoms with Crippen LogP contribution in [-0.2, 0) is 11.3 Å². The summed E-state index contributed by atoms with van der Waals surface area (Å²) in [5.41, 5.74) is 1.65. The Morgan fingerprint density at radius 2 is 2.06 bits per heavy atom. The zero-order chi connectivity index (χ0) is 12.7. The molecule has 0 saturated carbocycles. The first kappa shape index (κ1) is 11.0. The third-order valence-corrected chi connectivity index (χ3v) is 3.50. The number of para-hydroxylation sites is 1. The Morgan fingerprint density at radius 3 is 2.78 bits per heavy atom. The van der Waals surface area contributed by atoms with Crippen LogP contribution in [0.25, 0.3) is 10.9 Å². The molecule has 1 aliphatic rings. The second kappa shape index (κ2) is 3.98. The van der Waals surface area contributed by atoms with Crippen molar-refractivity contribution in [1.29, 1.82) is 0 Å². The maximum atomic E-state index is 11.7. The number of hydrogen-bond acceptors (Lipinski definition) is 2. The van der Waals surface area contributed by atoms with Crippen molar-refractivity contribution in [3.63, 3.8) is 0 Å². The van der Waals surface area contributed by atoms with Gasteiger partial charge in [-0.1, -0.05) is 18.2 Å². The predicted octanol–water partition coefficient (Wildman–Crippen LogP) is 2.21. The van der Waals surface area contributed by atoms with Crippen molar-refractivity contribution >= 4 is 28.9 Å². The molecule has 1 amide bonds. The predicted molar refractivity (Wildman–Crippen MR) is 70.0 cm³/mol. The summed E-state index contributed by atoms with van der Waals surface area (Å²) >= 11 is 0. The molecule has 1 aliphatic heterocycles. The van der Waals surface area contributed by atoms with Gasteiger partial charge in [-0.25, -0.2) is 0 Å². The van der Waals surface area contributed by atoms with Crippen LogP contribution in [0.4, 0.5) is 5.82 Å². The van der Waals surface area contributed by atoms with Crippen LogP contribution in [0, 0.1) is 0 Å². The van der Waals surface area contributed by atoms with Gasteiger partial charge in [-0.05, 0) is 12.5 Å². The highest BCUT2D eigenvalue weighted by atomic mass is 16.2. The Balaban J connectivity index is 2.38. The summed E-state index contributed by atoms with van der Waals surface area (Å²) in [7, 11) is 0. The van der Waals surface area contributed by atoms with E-state index in [1.807, 2.05) is 24.3 Å². The van der Waals surface area contributed by atoms with Crippen LogP contribution in [0.3, 0.4) is 0 Å². The third kappa shape index (κ3) is 1.38. The highest BCUT2D eigenvalue weighted by Gasteiger charge is 2.26. The van der Waals surface area contributed by atoms with E-state index < -0.39 is 0 Å². The summed E-state index contributed by atoms with van der Waals surface area (Å²) in [5.74, 6) is 0.742. The fourth-order valence-electron chi connectivity index (χ4n) is 2.75. The van der Waals surface area contributed by atoms with E-state index >= 15 is 0 Å². The van der Waals surface area contributed by atoms with Gasteiger partial charge >= 0.3 is 0 Å². The van der Waals surface area contributed by atoms with Crippen molar-refractivity contribution < 1.29 is 9.59 Å². The van der Waals surface area contributed by atoms with Gasteiger partial charge in [-0.3, -0.25) is 14.5 Å². The summed E-state index contributed by atoms with van der Waals surface area (Å²) in [6.45, 7) is 3.09. The average molecular weight is 242 g/mol. The first-order chi connectivity index (χ1) is 8.74. The largest absolute Gasteiger partial charge is 0.326 e. The first-order valence-corrected chi connectivity index (χ1v) is 6.08. The average Bonchev–Trinajstić information content (AvgIpc) is 2.72. The van der Waals surface area contributed by atoms with Crippen molar-refractivity contribution in [2.45, 2.75) is 19.9 Å². The van der Waals surface area contributed by atoms with Crippen LogP contribution in [0.1, 0.15) is 23.7 Å². The van der Waals surface area contributed by atoms with E-state index in [1.54, 1.807) is 11.8 Å². The van der Waals surface area contributed by atoms with Crippen LogP contribution >= 0.6 is 0 Å². The van der Waals surface area contributed by atoms with Crippen LogP contribution < -0.4 is 4.90 Å². The lowest BCUT2D eigenvalue weighted by molar-refractivity contribution is -0.116. The Labute approximate surface area is 105 Å². The molecule has 18 heavy (non-hydrogen) atoms. The molecule has 2 aromatic rings. The van der Waals surface area contributed by atoms with E-state index in [0.29, 0.717) is 12.1 Å². The van der Waals surface area contributed by atoms with Gasteiger partial charge in [0.1, 0.15) is 5.82 Å². The highest BCUT2D eigenvalue weighted by molar-refractivity contribution is 6.08. The quantitative estimate of drug-likeness (QED) is 0.719. The molecule has 0 bridgehead atoms. The number of benzene rings is 1. The van der Waals surface area contributed by atoms with Gasteiger partial charge < -0.3 is 4.57 Å². The minimum atomic E-state index is -0.0122. The molecule has 0 fully saturated rings. The fraction of sp³-hybridized carbons (Fsp3) is 0.286. The van der Waals surface area contributed by atoms with Gasteiger partial charge in [0.25, 0.3) is 0 Å². The van der Waals surface area contributed by atoms with Crippen molar-refractivity contribution in [3.05, 3.63) is 29.8 Å². The zero-order valence-corrected chi connectivity index (χ0v) is 10.2. The van der Waals surface area contributed by atoms with Crippen molar-refractivity contribution in [3.8, 4) is 0 Å². The van der Waals surface area contributed by atoms with Crippen LogP contribution in [0.5, 0.6) is 0 Å². The van der Waals surface area contributed by atoms with Crippen molar-refractivity contribution in [2.24, 2.45) is 0 Å². The molecule has 0 unspecified atom stereocenters. The molecule has 0 N–H and O–H groups in total. The van der Waals surface area contributed by atoms with E-state index in [1.165, 1.54) is 0 Å². The van der Waals surface area contributed by atoms with Gasteiger partial charge in [0.2, 0.25) is 5.91 Å². The van der Waals surface area contributed by atoms with Crippen molar-refractivity contribution in [2.75, 3.05) is 11.4 Å². The normalized spacial score (nSPS) is 14.6. The number of fused-ring (bicyclic) bond motifs is 3. The molecule has 0 spiro atoms. The number of hydrogen-bond donors (Lipinski definition) is 0. The molecule has 92 valence electrons.